The highest BCUT2D eigenvalue weighted by molar-refractivity contribution is 8.02. The van der Waals surface area contributed by atoms with Gasteiger partial charge in [-0.3, -0.25) is 0 Å². The summed E-state index contributed by atoms with van der Waals surface area (Å²) in [5.41, 5.74) is 1.20. The second-order valence-corrected chi connectivity index (χ2v) is 4.80. The van der Waals surface area contributed by atoms with Crippen molar-refractivity contribution in [2.24, 2.45) is 0 Å². The molecule has 2 heteroatoms. The summed E-state index contributed by atoms with van der Waals surface area (Å²) in [5.74, 6) is 0.316. The Hall–Kier alpha value is -1.41. The normalized spacial score (nSPS) is 12.0. The smallest absolute Gasteiger partial charge is 0.116 e. The van der Waals surface area contributed by atoms with Gasteiger partial charge in [-0.1, -0.05) is 18.2 Å². The summed E-state index contributed by atoms with van der Waals surface area (Å²) in [7, 11) is 0. The number of fused-ring (bicyclic) bond motifs is 1. The number of phenolic OH excluding ortho intramolecular Hbond substituents is 1. The highest BCUT2D eigenvalue weighted by Crippen LogP contribution is 2.23. The predicted molar refractivity (Wildman–Crippen MR) is 72.8 cm³/mol. The number of thioether (sulfide) groups is 1. The van der Waals surface area contributed by atoms with Gasteiger partial charge in [-0.25, -0.2) is 0 Å². The van der Waals surface area contributed by atoms with Crippen LogP contribution in [0.25, 0.3) is 16.8 Å². The molecule has 0 unspecified atom stereocenters. The first-order chi connectivity index (χ1) is 7.69. The third-order valence-electron chi connectivity index (χ3n) is 2.54. The van der Waals surface area contributed by atoms with E-state index in [1.54, 1.807) is 23.9 Å². The molecule has 0 spiro atoms. The van der Waals surface area contributed by atoms with E-state index < -0.39 is 0 Å². The molecule has 82 valence electrons. The van der Waals surface area contributed by atoms with Crippen LogP contribution in [0.3, 0.4) is 0 Å². The van der Waals surface area contributed by atoms with Crippen molar-refractivity contribution < 1.29 is 5.11 Å². The lowest BCUT2D eigenvalue weighted by Crippen LogP contribution is -1.77. The van der Waals surface area contributed by atoms with Gasteiger partial charge in [0.05, 0.1) is 0 Å². The summed E-state index contributed by atoms with van der Waals surface area (Å²) in [5, 5.41) is 11.6. The lowest BCUT2D eigenvalue weighted by atomic mass is 10.1. The molecule has 2 aromatic carbocycles. The van der Waals surface area contributed by atoms with Crippen LogP contribution in [0.5, 0.6) is 5.75 Å². The van der Waals surface area contributed by atoms with Crippen LogP contribution < -0.4 is 0 Å². The Labute approximate surface area is 99.8 Å². The monoisotopic (exact) mass is 230 g/mol. The highest BCUT2D eigenvalue weighted by Gasteiger charge is 1.96. The Morgan fingerprint density at radius 1 is 1.12 bits per heavy atom. The maximum absolute atomic E-state index is 9.37. The molecule has 1 N–H and O–H groups in total. The SMILES string of the molecule is CS/C(C)=C\c1ccc2cc(O)ccc2c1. The van der Waals surface area contributed by atoms with Crippen LogP contribution in [-0.2, 0) is 0 Å². The molecule has 0 aromatic heterocycles. The molecule has 0 fully saturated rings. The van der Waals surface area contributed by atoms with Crippen LogP contribution in [0, 0.1) is 0 Å². The summed E-state index contributed by atoms with van der Waals surface area (Å²) < 4.78 is 0. The Balaban J connectivity index is 2.48. The van der Waals surface area contributed by atoms with Crippen molar-refractivity contribution in [3.05, 3.63) is 46.9 Å². The fraction of sp³-hybridized carbons (Fsp3) is 0.143. The van der Waals surface area contributed by atoms with Gasteiger partial charge in [0.25, 0.3) is 0 Å². The first-order valence-corrected chi connectivity index (χ1v) is 6.36. The number of rotatable bonds is 2. The maximum Gasteiger partial charge on any atom is 0.116 e. The minimum Gasteiger partial charge on any atom is -0.508 e. The second kappa shape index (κ2) is 4.62. The van der Waals surface area contributed by atoms with Gasteiger partial charge in [0.15, 0.2) is 0 Å². The molecule has 0 saturated heterocycles. The Morgan fingerprint density at radius 2 is 1.81 bits per heavy atom. The predicted octanol–water partition coefficient (Wildman–Crippen LogP) is 4.27. The molecule has 1 nitrogen and oxygen atoms in total. The van der Waals surface area contributed by atoms with Gasteiger partial charge in [-0.05, 0) is 58.7 Å². The summed E-state index contributed by atoms with van der Waals surface area (Å²) in [6.45, 7) is 2.10. The van der Waals surface area contributed by atoms with Gasteiger partial charge in [-0.15, -0.1) is 11.8 Å². The van der Waals surface area contributed by atoms with Gasteiger partial charge in [-0.2, -0.15) is 0 Å². The third kappa shape index (κ3) is 2.39. The average Bonchev–Trinajstić information content (AvgIpc) is 2.29. The van der Waals surface area contributed by atoms with Crippen molar-refractivity contribution in [2.45, 2.75) is 6.92 Å². The molecule has 0 radical (unpaired) electrons. The van der Waals surface area contributed by atoms with Crippen molar-refractivity contribution in [3.63, 3.8) is 0 Å². The van der Waals surface area contributed by atoms with E-state index in [0.29, 0.717) is 5.75 Å². The number of phenols is 1. The third-order valence-corrected chi connectivity index (χ3v) is 3.30. The van der Waals surface area contributed by atoms with E-state index >= 15 is 0 Å². The molecule has 0 heterocycles. The van der Waals surface area contributed by atoms with E-state index in [-0.39, 0.29) is 0 Å². The number of allylic oxidation sites excluding steroid dienone is 1. The van der Waals surface area contributed by atoms with E-state index in [2.05, 4.69) is 31.4 Å². The Bertz CT molecular complexity index is 543. The molecule has 0 amide bonds. The van der Waals surface area contributed by atoms with E-state index in [0.717, 1.165) is 10.8 Å². The van der Waals surface area contributed by atoms with Crippen LogP contribution >= 0.6 is 11.8 Å². The molecular weight excluding hydrogens is 216 g/mol. The zero-order valence-corrected chi connectivity index (χ0v) is 10.2. The Kier molecular flexibility index (Phi) is 3.20. The lowest BCUT2D eigenvalue weighted by Gasteiger charge is -2.01. The number of benzene rings is 2. The fourth-order valence-corrected chi connectivity index (χ4v) is 1.89. The van der Waals surface area contributed by atoms with Gasteiger partial charge < -0.3 is 5.11 Å². The quantitative estimate of drug-likeness (QED) is 0.831. The molecule has 0 aliphatic rings. The second-order valence-electron chi connectivity index (χ2n) is 3.75. The summed E-state index contributed by atoms with van der Waals surface area (Å²) >= 11 is 1.75. The van der Waals surface area contributed by atoms with Gasteiger partial charge in [0, 0.05) is 0 Å². The standard InChI is InChI=1S/C14H14OS/c1-10(16-2)7-11-3-4-13-9-14(15)6-5-12(13)8-11/h3-9,15H,1-2H3/b10-7-. The molecule has 0 aliphatic carbocycles. The average molecular weight is 230 g/mol. The fourth-order valence-electron chi connectivity index (χ4n) is 1.64. The number of hydrogen-bond acceptors (Lipinski definition) is 2. The van der Waals surface area contributed by atoms with Crippen LogP contribution in [0.1, 0.15) is 12.5 Å². The molecule has 2 aromatic rings. The first kappa shape index (κ1) is 11.1. The van der Waals surface area contributed by atoms with Crippen LogP contribution in [0.2, 0.25) is 0 Å². The van der Waals surface area contributed by atoms with Crippen molar-refractivity contribution in [2.75, 3.05) is 6.26 Å². The molecule has 16 heavy (non-hydrogen) atoms. The molecule has 0 atom stereocenters. The van der Waals surface area contributed by atoms with Gasteiger partial charge >= 0.3 is 0 Å². The lowest BCUT2D eigenvalue weighted by molar-refractivity contribution is 0.476. The summed E-state index contributed by atoms with van der Waals surface area (Å²) in [6.07, 6.45) is 4.24. The molecule has 0 aliphatic heterocycles. The van der Waals surface area contributed by atoms with E-state index in [1.165, 1.54) is 10.5 Å². The molecular formula is C14H14OS. The van der Waals surface area contributed by atoms with Crippen molar-refractivity contribution >= 4 is 28.6 Å². The maximum atomic E-state index is 9.37. The Morgan fingerprint density at radius 3 is 2.56 bits per heavy atom. The molecule has 2 rings (SSSR count). The van der Waals surface area contributed by atoms with Crippen LogP contribution in [-0.4, -0.2) is 11.4 Å². The number of aromatic hydroxyl groups is 1. The van der Waals surface area contributed by atoms with E-state index in [9.17, 15) is 5.11 Å². The zero-order chi connectivity index (χ0) is 11.5. The summed E-state index contributed by atoms with van der Waals surface area (Å²) in [4.78, 5) is 1.29. The topological polar surface area (TPSA) is 20.2 Å². The minimum atomic E-state index is 0.316. The zero-order valence-electron chi connectivity index (χ0n) is 9.40. The van der Waals surface area contributed by atoms with Crippen LogP contribution in [0.15, 0.2) is 41.3 Å². The van der Waals surface area contributed by atoms with Gasteiger partial charge in [0.2, 0.25) is 0 Å². The largest absolute Gasteiger partial charge is 0.508 e. The summed E-state index contributed by atoms with van der Waals surface area (Å²) in [6, 6.07) is 11.7. The van der Waals surface area contributed by atoms with Crippen molar-refractivity contribution in [3.8, 4) is 5.75 Å². The molecule has 0 saturated carbocycles. The minimum absolute atomic E-state index is 0.316. The first-order valence-electron chi connectivity index (χ1n) is 5.14. The highest BCUT2D eigenvalue weighted by atomic mass is 32.2. The van der Waals surface area contributed by atoms with Crippen LogP contribution in [0.4, 0.5) is 0 Å². The van der Waals surface area contributed by atoms with E-state index in [1.807, 2.05) is 12.1 Å². The van der Waals surface area contributed by atoms with Crippen molar-refractivity contribution in [1.82, 2.24) is 0 Å². The van der Waals surface area contributed by atoms with Gasteiger partial charge in [0.1, 0.15) is 5.75 Å². The van der Waals surface area contributed by atoms with E-state index in [4.69, 9.17) is 0 Å². The van der Waals surface area contributed by atoms with Crippen molar-refractivity contribution in [1.29, 1.82) is 0 Å². The molecule has 0 bridgehead atoms. The number of hydrogen-bond donors (Lipinski definition) is 1.